The lowest BCUT2D eigenvalue weighted by molar-refractivity contribution is 0.102. The highest BCUT2D eigenvalue weighted by Gasteiger charge is 2.15. The van der Waals surface area contributed by atoms with Crippen molar-refractivity contribution in [2.45, 2.75) is 26.6 Å². The van der Waals surface area contributed by atoms with Gasteiger partial charge in [-0.25, -0.2) is 0 Å². The van der Waals surface area contributed by atoms with Crippen molar-refractivity contribution >= 4 is 11.6 Å². The number of hydrogen-bond acceptors (Lipinski definition) is 3. The van der Waals surface area contributed by atoms with Crippen molar-refractivity contribution in [3.63, 3.8) is 0 Å². The van der Waals surface area contributed by atoms with Crippen LogP contribution in [0.3, 0.4) is 0 Å². The van der Waals surface area contributed by atoms with Gasteiger partial charge in [-0.05, 0) is 47.4 Å². The van der Waals surface area contributed by atoms with E-state index < -0.39 is 0 Å². The Morgan fingerprint density at radius 2 is 1.30 bits per heavy atom. The minimum atomic E-state index is -0.225. The summed E-state index contributed by atoms with van der Waals surface area (Å²) >= 11 is 0. The van der Waals surface area contributed by atoms with E-state index in [1.165, 1.54) is 5.56 Å². The number of carbonyl (C=O) groups is 1. The normalized spacial score (nSPS) is 10.5. The number of rotatable bonds is 9. The van der Waals surface area contributed by atoms with Gasteiger partial charge in [-0.3, -0.25) is 4.79 Å². The first-order valence-electron chi connectivity index (χ1n) is 11.1. The zero-order valence-corrected chi connectivity index (χ0v) is 18.7. The topological polar surface area (TPSA) is 47.6 Å². The molecule has 1 amide bonds. The largest absolute Gasteiger partial charge is 0.489 e. The molecule has 0 atom stereocenters. The average molecular weight is 438 g/mol. The van der Waals surface area contributed by atoms with Crippen molar-refractivity contribution in [2.24, 2.45) is 0 Å². The maximum atomic E-state index is 13.1. The average Bonchev–Trinajstić information content (AvgIpc) is 2.88. The second-order valence-electron chi connectivity index (χ2n) is 7.71. The summed E-state index contributed by atoms with van der Waals surface area (Å²) in [6.07, 6.45) is 0.955. The minimum Gasteiger partial charge on any atom is -0.489 e. The zero-order valence-electron chi connectivity index (χ0n) is 18.7. The summed E-state index contributed by atoms with van der Waals surface area (Å²) in [4.78, 5) is 13.1. The summed E-state index contributed by atoms with van der Waals surface area (Å²) in [5.74, 6) is 0.898. The number of nitrogens with one attached hydrogen (secondary N) is 1. The van der Waals surface area contributed by atoms with Gasteiger partial charge in [0, 0.05) is 11.8 Å². The Kier molecular flexibility index (Phi) is 7.39. The van der Waals surface area contributed by atoms with Gasteiger partial charge < -0.3 is 14.8 Å². The number of benzene rings is 4. The summed E-state index contributed by atoms with van der Waals surface area (Å²) in [6, 6.07) is 33.0. The van der Waals surface area contributed by atoms with Gasteiger partial charge in [-0.15, -0.1) is 0 Å². The van der Waals surface area contributed by atoms with Gasteiger partial charge in [0.15, 0.2) is 0 Å². The number of ether oxygens (including phenoxy) is 2. The van der Waals surface area contributed by atoms with Crippen molar-refractivity contribution < 1.29 is 14.3 Å². The molecule has 0 fully saturated rings. The molecule has 4 rings (SSSR count). The van der Waals surface area contributed by atoms with Crippen LogP contribution in [0.4, 0.5) is 5.69 Å². The maximum Gasteiger partial charge on any atom is 0.259 e. The predicted molar refractivity (Wildman–Crippen MR) is 132 cm³/mol. The van der Waals surface area contributed by atoms with Crippen LogP contribution in [-0.2, 0) is 19.6 Å². The van der Waals surface area contributed by atoms with E-state index in [2.05, 4.69) is 12.2 Å². The lowest BCUT2D eigenvalue weighted by atomic mass is 10.1. The third-order valence-corrected chi connectivity index (χ3v) is 5.30. The molecule has 0 radical (unpaired) electrons. The van der Waals surface area contributed by atoms with Crippen molar-refractivity contribution in [2.75, 3.05) is 5.32 Å². The molecule has 0 aromatic heterocycles. The number of amides is 1. The molecule has 0 spiro atoms. The van der Waals surface area contributed by atoms with Crippen LogP contribution in [0.1, 0.15) is 34.0 Å². The van der Waals surface area contributed by atoms with Crippen LogP contribution in [0.25, 0.3) is 0 Å². The molecular weight excluding hydrogens is 410 g/mol. The van der Waals surface area contributed by atoms with Gasteiger partial charge in [-0.2, -0.15) is 0 Å². The Morgan fingerprint density at radius 3 is 1.91 bits per heavy atom. The van der Waals surface area contributed by atoms with E-state index in [9.17, 15) is 4.79 Å². The van der Waals surface area contributed by atoms with E-state index in [1.54, 1.807) is 18.2 Å². The first-order chi connectivity index (χ1) is 16.2. The smallest absolute Gasteiger partial charge is 0.259 e. The van der Waals surface area contributed by atoms with Crippen LogP contribution >= 0.6 is 0 Å². The van der Waals surface area contributed by atoms with Crippen molar-refractivity contribution in [3.05, 3.63) is 125 Å². The molecule has 4 aromatic carbocycles. The third-order valence-electron chi connectivity index (χ3n) is 5.30. The summed E-state index contributed by atoms with van der Waals surface area (Å²) < 4.78 is 12.0. The minimum absolute atomic E-state index is 0.225. The summed E-state index contributed by atoms with van der Waals surface area (Å²) in [5, 5.41) is 2.97. The number of aryl methyl sites for hydroxylation is 1. The van der Waals surface area contributed by atoms with Gasteiger partial charge in [-0.1, -0.05) is 79.7 Å². The molecule has 4 nitrogen and oxygen atoms in total. The van der Waals surface area contributed by atoms with E-state index in [0.717, 1.165) is 23.2 Å². The van der Waals surface area contributed by atoms with Crippen LogP contribution in [0, 0.1) is 0 Å². The maximum absolute atomic E-state index is 13.1. The first kappa shape index (κ1) is 22.2. The van der Waals surface area contributed by atoms with Crippen LogP contribution < -0.4 is 14.8 Å². The number of anilines is 1. The Labute approximate surface area is 194 Å². The monoisotopic (exact) mass is 437 g/mol. The van der Waals surface area contributed by atoms with E-state index >= 15 is 0 Å². The summed E-state index contributed by atoms with van der Waals surface area (Å²) in [5.41, 5.74) is 4.52. The number of carbonyl (C=O) groups excluding carboxylic acids is 1. The predicted octanol–water partition coefficient (Wildman–Crippen LogP) is 6.66. The molecule has 0 aliphatic heterocycles. The Balaban J connectivity index is 1.53. The molecule has 0 aliphatic carbocycles. The Morgan fingerprint density at radius 1 is 0.697 bits per heavy atom. The highest BCUT2D eigenvalue weighted by atomic mass is 16.5. The quantitative estimate of drug-likeness (QED) is 0.318. The summed E-state index contributed by atoms with van der Waals surface area (Å²) in [6.45, 7) is 2.90. The summed E-state index contributed by atoms with van der Waals surface area (Å²) in [7, 11) is 0. The van der Waals surface area contributed by atoms with E-state index in [-0.39, 0.29) is 5.91 Å². The Hall–Kier alpha value is -4.05. The van der Waals surface area contributed by atoms with Gasteiger partial charge >= 0.3 is 0 Å². The SMILES string of the molecule is CCc1ccc(NC(=O)c2ccc(OCc3ccccc3)cc2OCc2ccccc2)cc1. The lowest BCUT2D eigenvalue weighted by Gasteiger charge is -2.14. The first-order valence-corrected chi connectivity index (χ1v) is 11.1. The molecular formula is C29H27NO3. The van der Waals surface area contributed by atoms with Gasteiger partial charge in [0.05, 0.1) is 5.56 Å². The fourth-order valence-electron chi connectivity index (χ4n) is 3.40. The molecule has 1 N–H and O–H groups in total. The van der Waals surface area contributed by atoms with E-state index in [1.807, 2.05) is 84.9 Å². The van der Waals surface area contributed by atoms with Gasteiger partial charge in [0.2, 0.25) is 0 Å². The molecule has 4 aromatic rings. The van der Waals surface area contributed by atoms with Crippen molar-refractivity contribution in [1.82, 2.24) is 0 Å². The second kappa shape index (κ2) is 11.0. The van der Waals surface area contributed by atoms with Crippen LogP contribution in [0.2, 0.25) is 0 Å². The van der Waals surface area contributed by atoms with Gasteiger partial charge in [0.1, 0.15) is 24.7 Å². The van der Waals surface area contributed by atoms with Crippen LogP contribution in [0.15, 0.2) is 103 Å². The fourth-order valence-corrected chi connectivity index (χ4v) is 3.40. The second-order valence-corrected chi connectivity index (χ2v) is 7.71. The number of hydrogen-bond donors (Lipinski definition) is 1. The molecule has 33 heavy (non-hydrogen) atoms. The van der Waals surface area contributed by atoms with Crippen LogP contribution in [-0.4, -0.2) is 5.91 Å². The Bertz CT molecular complexity index is 1170. The lowest BCUT2D eigenvalue weighted by Crippen LogP contribution is -2.14. The third kappa shape index (κ3) is 6.23. The molecule has 0 aliphatic rings. The standard InChI is InChI=1S/C29H27NO3/c1-2-22-13-15-25(16-14-22)30-29(31)27-18-17-26(32-20-23-9-5-3-6-10-23)19-28(27)33-21-24-11-7-4-8-12-24/h3-19H,2,20-21H2,1H3,(H,30,31). The molecule has 0 saturated carbocycles. The molecule has 0 unspecified atom stereocenters. The zero-order chi connectivity index (χ0) is 22.9. The van der Waals surface area contributed by atoms with Crippen molar-refractivity contribution in [3.8, 4) is 11.5 Å². The van der Waals surface area contributed by atoms with E-state index in [0.29, 0.717) is 30.3 Å². The highest BCUT2D eigenvalue weighted by Crippen LogP contribution is 2.27. The molecule has 0 bridgehead atoms. The molecule has 0 saturated heterocycles. The van der Waals surface area contributed by atoms with E-state index in [4.69, 9.17) is 9.47 Å². The van der Waals surface area contributed by atoms with Gasteiger partial charge in [0.25, 0.3) is 5.91 Å². The molecule has 166 valence electrons. The van der Waals surface area contributed by atoms with Crippen molar-refractivity contribution in [1.29, 1.82) is 0 Å². The molecule has 0 heterocycles. The van der Waals surface area contributed by atoms with Crippen LogP contribution in [0.5, 0.6) is 11.5 Å². The highest BCUT2D eigenvalue weighted by molar-refractivity contribution is 6.06. The fraction of sp³-hybridized carbons (Fsp3) is 0.138. The molecule has 4 heteroatoms.